The largest absolute Gasteiger partial charge is 0.312 e. The standard InChI is InChI=1S/C13H12Br2ClNS/c1-17-11(12-7-10(14)13(15)18-12)6-8-2-4-9(16)5-3-8/h2-5,7,11,17H,6H2,1H3. The molecule has 0 aliphatic rings. The van der Waals surface area contributed by atoms with Crippen LogP contribution in [0, 0.1) is 0 Å². The van der Waals surface area contributed by atoms with Crippen LogP contribution in [0.3, 0.4) is 0 Å². The van der Waals surface area contributed by atoms with E-state index in [0.717, 1.165) is 19.7 Å². The molecule has 0 bridgehead atoms. The summed E-state index contributed by atoms with van der Waals surface area (Å²) in [5.41, 5.74) is 1.28. The van der Waals surface area contributed by atoms with Gasteiger partial charge in [0.05, 0.1) is 3.79 Å². The summed E-state index contributed by atoms with van der Waals surface area (Å²) in [5.74, 6) is 0. The Morgan fingerprint density at radius 1 is 1.28 bits per heavy atom. The van der Waals surface area contributed by atoms with Crippen LogP contribution >= 0.6 is 54.8 Å². The van der Waals surface area contributed by atoms with E-state index in [2.05, 4.69) is 55.4 Å². The second-order valence-electron chi connectivity index (χ2n) is 3.94. The van der Waals surface area contributed by atoms with E-state index < -0.39 is 0 Å². The molecular weight excluding hydrogens is 397 g/mol. The van der Waals surface area contributed by atoms with Gasteiger partial charge in [-0.05, 0) is 69.1 Å². The summed E-state index contributed by atoms with van der Waals surface area (Å²) in [6, 6.07) is 10.5. The summed E-state index contributed by atoms with van der Waals surface area (Å²) in [5, 5.41) is 4.14. The number of nitrogens with one attached hydrogen (secondary N) is 1. The first-order valence-electron chi connectivity index (χ1n) is 5.46. The summed E-state index contributed by atoms with van der Waals surface area (Å²) in [7, 11) is 1.99. The van der Waals surface area contributed by atoms with Crippen molar-refractivity contribution in [2.75, 3.05) is 7.05 Å². The lowest BCUT2D eigenvalue weighted by atomic mass is 10.1. The fourth-order valence-corrected chi connectivity index (χ4v) is 4.06. The van der Waals surface area contributed by atoms with Gasteiger partial charge in [0.15, 0.2) is 0 Å². The van der Waals surface area contributed by atoms with E-state index in [1.165, 1.54) is 10.4 Å². The van der Waals surface area contributed by atoms with Crippen LogP contribution in [0.5, 0.6) is 0 Å². The monoisotopic (exact) mass is 407 g/mol. The van der Waals surface area contributed by atoms with Gasteiger partial charge in [0.1, 0.15) is 0 Å². The van der Waals surface area contributed by atoms with E-state index in [4.69, 9.17) is 11.6 Å². The molecule has 1 aromatic carbocycles. The summed E-state index contributed by atoms with van der Waals surface area (Å²) >= 11 is 14.7. The smallest absolute Gasteiger partial charge is 0.0843 e. The van der Waals surface area contributed by atoms with Gasteiger partial charge in [0, 0.05) is 20.4 Å². The van der Waals surface area contributed by atoms with Crippen LogP contribution in [-0.4, -0.2) is 7.05 Å². The van der Waals surface area contributed by atoms with Crippen molar-refractivity contribution in [3.63, 3.8) is 0 Å². The van der Waals surface area contributed by atoms with Crippen molar-refractivity contribution in [1.29, 1.82) is 0 Å². The molecule has 0 fully saturated rings. The first-order chi connectivity index (χ1) is 8.60. The van der Waals surface area contributed by atoms with Crippen LogP contribution in [0.25, 0.3) is 0 Å². The minimum atomic E-state index is 0.318. The molecule has 0 amide bonds. The molecule has 0 aliphatic heterocycles. The van der Waals surface area contributed by atoms with Crippen LogP contribution in [-0.2, 0) is 6.42 Å². The summed E-state index contributed by atoms with van der Waals surface area (Å²) in [6.45, 7) is 0. The molecule has 1 nitrogen and oxygen atoms in total. The summed E-state index contributed by atoms with van der Waals surface area (Å²) in [4.78, 5) is 1.31. The van der Waals surface area contributed by atoms with Gasteiger partial charge in [0.25, 0.3) is 0 Å². The Morgan fingerprint density at radius 3 is 2.44 bits per heavy atom. The van der Waals surface area contributed by atoms with Crippen LogP contribution in [0.15, 0.2) is 38.6 Å². The predicted octanol–water partition coefficient (Wildman–Crippen LogP) is 5.43. The maximum atomic E-state index is 5.90. The lowest BCUT2D eigenvalue weighted by molar-refractivity contribution is 0.602. The highest BCUT2D eigenvalue weighted by molar-refractivity contribution is 9.13. The van der Waals surface area contributed by atoms with Gasteiger partial charge in [-0.25, -0.2) is 0 Å². The third kappa shape index (κ3) is 3.58. The molecule has 5 heteroatoms. The van der Waals surface area contributed by atoms with Crippen molar-refractivity contribution in [3.05, 3.63) is 54.1 Å². The van der Waals surface area contributed by atoms with Gasteiger partial charge in [0.2, 0.25) is 0 Å². The third-order valence-electron chi connectivity index (χ3n) is 2.71. The first kappa shape index (κ1) is 14.5. The lowest BCUT2D eigenvalue weighted by Gasteiger charge is -2.14. The minimum absolute atomic E-state index is 0.318. The van der Waals surface area contributed by atoms with Crippen molar-refractivity contribution in [3.8, 4) is 0 Å². The molecule has 1 atom stereocenters. The molecular formula is C13H12Br2ClNS. The fourth-order valence-electron chi connectivity index (χ4n) is 1.74. The quantitative estimate of drug-likeness (QED) is 0.710. The molecule has 0 aliphatic carbocycles. The molecule has 0 spiro atoms. The molecule has 1 unspecified atom stereocenters. The molecule has 96 valence electrons. The zero-order valence-electron chi connectivity index (χ0n) is 9.71. The average molecular weight is 410 g/mol. The normalized spacial score (nSPS) is 12.7. The molecule has 0 radical (unpaired) electrons. The fraction of sp³-hybridized carbons (Fsp3) is 0.231. The van der Waals surface area contributed by atoms with Gasteiger partial charge in [-0.15, -0.1) is 11.3 Å². The molecule has 0 saturated carbocycles. The Labute approximate surface area is 133 Å². The Morgan fingerprint density at radius 2 is 1.94 bits per heavy atom. The van der Waals surface area contributed by atoms with E-state index in [9.17, 15) is 0 Å². The molecule has 1 aromatic heterocycles. The number of benzene rings is 1. The Kier molecular flexibility index (Phi) is 5.27. The highest BCUT2D eigenvalue weighted by Crippen LogP contribution is 2.36. The van der Waals surface area contributed by atoms with E-state index in [1.807, 2.05) is 19.2 Å². The molecule has 0 saturated heterocycles. The van der Waals surface area contributed by atoms with E-state index >= 15 is 0 Å². The Bertz CT molecular complexity index is 505. The number of rotatable bonds is 4. The van der Waals surface area contributed by atoms with Gasteiger partial charge in [-0.3, -0.25) is 0 Å². The van der Waals surface area contributed by atoms with Crippen LogP contribution in [0.2, 0.25) is 5.02 Å². The molecule has 1 N–H and O–H groups in total. The Balaban J connectivity index is 2.16. The zero-order valence-corrected chi connectivity index (χ0v) is 14.5. The second-order valence-corrected chi connectivity index (χ2v) is 7.63. The predicted molar refractivity (Wildman–Crippen MR) is 86.7 cm³/mol. The SMILES string of the molecule is CNC(Cc1ccc(Cl)cc1)c1cc(Br)c(Br)s1. The third-order valence-corrected chi connectivity index (χ3v) is 6.33. The maximum absolute atomic E-state index is 5.90. The zero-order chi connectivity index (χ0) is 13.1. The van der Waals surface area contributed by atoms with Crippen molar-refractivity contribution >= 4 is 54.8 Å². The number of hydrogen-bond donors (Lipinski definition) is 1. The van der Waals surface area contributed by atoms with Crippen LogP contribution in [0.1, 0.15) is 16.5 Å². The topological polar surface area (TPSA) is 12.0 Å². The maximum Gasteiger partial charge on any atom is 0.0843 e. The second kappa shape index (κ2) is 6.53. The number of halogens is 3. The molecule has 1 heterocycles. The first-order valence-corrected chi connectivity index (χ1v) is 8.24. The van der Waals surface area contributed by atoms with E-state index in [-0.39, 0.29) is 0 Å². The van der Waals surface area contributed by atoms with Gasteiger partial charge in [-0.1, -0.05) is 23.7 Å². The Hall–Kier alpha value is 0.130. The highest BCUT2D eigenvalue weighted by Gasteiger charge is 2.14. The van der Waals surface area contributed by atoms with Gasteiger partial charge >= 0.3 is 0 Å². The number of thiophene rings is 1. The van der Waals surface area contributed by atoms with E-state index in [0.29, 0.717) is 6.04 Å². The van der Waals surface area contributed by atoms with Crippen molar-refractivity contribution < 1.29 is 0 Å². The minimum Gasteiger partial charge on any atom is -0.312 e. The highest BCUT2D eigenvalue weighted by atomic mass is 79.9. The molecule has 18 heavy (non-hydrogen) atoms. The number of likely N-dealkylation sites (N-methyl/N-ethyl adjacent to an activating group) is 1. The van der Waals surface area contributed by atoms with Gasteiger partial charge in [-0.2, -0.15) is 0 Å². The van der Waals surface area contributed by atoms with Crippen molar-refractivity contribution in [1.82, 2.24) is 5.32 Å². The van der Waals surface area contributed by atoms with Crippen LogP contribution in [0.4, 0.5) is 0 Å². The number of hydrogen-bond acceptors (Lipinski definition) is 2. The lowest BCUT2D eigenvalue weighted by Crippen LogP contribution is -2.17. The molecule has 2 aromatic rings. The summed E-state index contributed by atoms with van der Waals surface area (Å²) < 4.78 is 2.24. The van der Waals surface area contributed by atoms with Crippen molar-refractivity contribution in [2.45, 2.75) is 12.5 Å². The van der Waals surface area contributed by atoms with Crippen molar-refractivity contribution in [2.24, 2.45) is 0 Å². The van der Waals surface area contributed by atoms with Crippen LogP contribution < -0.4 is 5.32 Å². The van der Waals surface area contributed by atoms with Gasteiger partial charge < -0.3 is 5.32 Å². The summed E-state index contributed by atoms with van der Waals surface area (Å²) in [6.07, 6.45) is 0.951. The van der Waals surface area contributed by atoms with E-state index in [1.54, 1.807) is 11.3 Å². The molecule has 2 rings (SSSR count). The average Bonchev–Trinajstić information content (AvgIpc) is 2.69.